The van der Waals surface area contributed by atoms with Gasteiger partial charge in [-0.1, -0.05) is 0 Å². The Bertz CT molecular complexity index is 435. The van der Waals surface area contributed by atoms with Crippen molar-refractivity contribution >= 4 is 17.6 Å². The van der Waals surface area contributed by atoms with Gasteiger partial charge in [-0.3, -0.25) is 4.79 Å². The third-order valence-electron chi connectivity index (χ3n) is 2.05. The SMILES string of the molecule is CNC(=O)CCOC(=O)c1ccc(N)cc1F. The van der Waals surface area contributed by atoms with Crippen LogP contribution in [0.25, 0.3) is 0 Å². The summed E-state index contributed by atoms with van der Waals surface area (Å²) in [4.78, 5) is 22.3. The fourth-order valence-electron chi connectivity index (χ4n) is 1.14. The third-order valence-corrected chi connectivity index (χ3v) is 2.05. The molecule has 0 aliphatic heterocycles. The second-order valence-corrected chi connectivity index (χ2v) is 3.30. The molecule has 0 aromatic heterocycles. The molecule has 0 radical (unpaired) electrons. The number of carbonyl (C=O) groups excluding carboxylic acids is 2. The minimum atomic E-state index is -0.814. The van der Waals surface area contributed by atoms with E-state index in [1.165, 1.54) is 19.2 Å². The summed E-state index contributed by atoms with van der Waals surface area (Å²) < 4.78 is 18.0. The number of benzene rings is 1. The molecule has 0 fully saturated rings. The van der Waals surface area contributed by atoms with Crippen molar-refractivity contribution < 1.29 is 18.7 Å². The fourth-order valence-corrected chi connectivity index (χ4v) is 1.14. The predicted molar refractivity (Wildman–Crippen MR) is 59.8 cm³/mol. The normalized spacial score (nSPS) is 9.76. The molecule has 1 amide bonds. The number of ether oxygens (including phenoxy) is 1. The summed E-state index contributed by atoms with van der Waals surface area (Å²) in [5.41, 5.74) is 5.37. The molecule has 0 bridgehead atoms. The molecule has 0 aliphatic carbocycles. The second kappa shape index (κ2) is 5.83. The Balaban J connectivity index is 2.55. The molecule has 5 nitrogen and oxygen atoms in total. The zero-order valence-electron chi connectivity index (χ0n) is 9.33. The van der Waals surface area contributed by atoms with E-state index in [4.69, 9.17) is 10.5 Å². The summed E-state index contributed by atoms with van der Waals surface area (Å²) >= 11 is 0. The van der Waals surface area contributed by atoms with Crippen molar-refractivity contribution in [2.24, 2.45) is 0 Å². The molecule has 1 aromatic carbocycles. The van der Waals surface area contributed by atoms with Gasteiger partial charge in [-0.25, -0.2) is 9.18 Å². The van der Waals surface area contributed by atoms with Gasteiger partial charge in [0.05, 0.1) is 12.0 Å². The summed E-state index contributed by atoms with van der Waals surface area (Å²) in [5, 5.41) is 2.38. The predicted octanol–water partition coefficient (Wildman–Crippen LogP) is 0.701. The van der Waals surface area contributed by atoms with Gasteiger partial charge in [0.1, 0.15) is 12.4 Å². The lowest BCUT2D eigenvalue weighted by molar-refractivity contribution is -0.121. The molecule has 0 unspecified atom stereocenters. The Labute approximate surface area is 97.7 Å². The largest absolute Gasteiger partial charge is 0.461 e. The molecule has 17 heavy (non-hydrogen) atoms. The number of amides is 1. The number of rotatable bonds is 4. The van der Waals surface area contributed by atoms with Crippen molar-refractivity contribution in [3.05, 3.63) is 29.6 Å². The van der Waals surface area contributed by atoms with E-state index in [0.717, 1.165) is 6.07 Å². The van der Waals surface area contributed by atoms with Gasteiger partial charge < -0.3 is 15.8 Å². The van der Waals surface area contributed by atoms with Crippen LogP contribution in [-0.2, 0) is 9.53 Å². The Kier molecular flexibility index (Phi) is 4.45. The maximum atomic E-state index is 13.3. The van der Waals surface area contributed by atoms with Crippen LogP contribution < -0.4 is 11.1 Å². The Morgan fingerprint density at radius 3 is 2.76 bits per heavy atom. The summed E-state index contributed by atoms with van der Waals surface area (Å²) in [6.07, 6.45) is 0.0405. The highest BCUT2D eigenvalue weighted by atomic mass is 19.1. The van der Waals surface area contributed by atoms with Crippen LogP contribution in [0.2, 0.25) is 0 Å². The van der Waals surface area contributed by atoms with E-state index < -0.39 is 11.8 Å². The first-order chi connectivity index (χ1) is 8.04. The van der Waals surface area contributed by atoms with Crippen LogP contribution in [0.4, 0.5) is 10.1 Å². The second-order valence-electron chi connectivity index (χ2n) is 3.30. The highest BCUT2D eigenvalue weighted by Crippen LogP contribution is 2.12. The number of carbonyl (C=O) groups is 2. The van der Waals surface area contributed by atoms with Gasteiger partial charge >= 0.3 is 5.97 Å². The number of hydrogen-bond donors (Lipinski definition) is 2. The van der Waals surface area contributed by atoms with E-state index in [1.807, 2.05) is 0 Å². The molecule has 6 heteroatoms. The smallest absolute Gasteiger partial charge is 0.341 e. The van der Waals surface area contributed by atoms with Crippen molar-refractivity contribution in [3.8, 4) is 0 Å². The highest BCUT2D eigenvalue weighted by molar-refractivity contribution is 5.90. The van der Waals surface area contributed by atoms with Crippen LogP contribution in [0.15, 0.2) is 18.2 Å². The molecule has 1 rings (SSSR count). The van der Waals surface area contributed by atoms with Gasteiger partial charge in [0, 0.05) is 12.7 Å². The summed E-state index contributed by atoms with van der Waals surface area (Å²) in [5.74, 6) is -1.81. The number of anilines is 1. The molecule has 1 aromatic rings. The molecule has 92 valence electrons. The van der Waals surface area contributed by atoms with Crippen molar-refractivity contribution in [1.82, 2.24) is 5.32 Å². The number of esters is 1. The van der Waals surface area contributed by atoms with Gasteiger partial charge in [-0.2, -0.15) is 0 Å². The van der Waals surface area contributed by atoms with E-state index in [9.17, 15) is 14.0 Å². The maximum absolute atomic E-state index is 13.3. The van der Waals surface area contributed by atoms with Gasteiger partial charge in [-0.05, 0) is 18.2 Å². The zero-order valence-corrected chi connectivity index (χ0v) is 9.33. The molecule has 0 atom stereocenters. The minimum Gasteiger partial charge on any atom is -0.461 e. The first-order valence-electron chi connectivity index (χ1n) is 4.97. The monoisotopic (exact) mass is 240 g/mol. The van der Waals surface area contributed by atoms with E-state index in [0.29, 0.717) is 0 Å². The average Bonchev–Trinajstić information content (AvgIpc) is 2.28. The van der Waals surface area contributed by atoms with Crippen LogP contribution in [0, 0.1) is 5.82 Å². The zero-order chi connectivity index (χ0) is 12.8. The molecule has 0 spiro atoms. The number of nitrogen functional groups attached to an aromatic ring is 1. The van der Waals surface area contributed by atoms with E-state index in [-0.39, 0.29) is 30.2 Å². The van der Waals surface area contributed by atoms with Crippen molar-refractivity contribution in [2.75, 3.05) is 19.4 Å². The molecule has 3 N–H and O–H groups in total. The number of halogens is 1. The van der Waals surface area contributed by atoms with E-state index >= 15 is 0 Å². The summed E-state index contributed by atoms with van der Waals surface area (Å²) in [7, 11) is 1.48. The Morgan fingerprint density at radius 2 is 2.18 bits per heavy atom. The lowest BCUT2D eigenvalue weighted by Crippen LogP contribution is -2.20. The molecule has 0 saturated heterocycles. The van der Waals surface area contributed by atoms with Crippen molar-refractivity contribution in [2.45, 2.75) is 6.42 Å². The maximum Gasteiger partial charge on any atom is 0.341 e. The van der Waals surface area contributed by atoms with Crippen LogP contribution in [0.1, 0.15) is 16.8 Å². The Morgan fingerprint density at radius 1 is 1.47 bits per heavy atom. The number of nitrogens with one attached hydrogen (secondary N) is 1. The molecular formula is C11H13FN2O3. The number of nitrogens with two attached hydrogens (primary N) is 1. The number of hydrogen-bond acceptors (Lipinski definition) is 4. The van der Waals surface area contributed by atoms with Gasteiger partial charge in [0.15, 0.2) is 0 Å². The van der Waals surface area contributed by atoms with Crippen LogP contribution in [0.3, 0.4) is 0 Å². The lowest BCUT2D eigenvalue weighted by atomic mass is 10.2. The molecule has 0 aliphatic rings. The van der Waals surface area contributed by atoms with Crippen LogP contribution >= 0.6 is 0 Å². The fraction of sp³-hybridized carbons (Fsp3) is 0.273. The first-order valence-corrected chi connectivity index (χ1v) is 4.97. The quantitative estimate of drug-likeness (QED) is 0.599. The average molecular weight is 240 g/mol. The summed E-state index contributed by atoms with van der Waals surface area (Å²) in [6.45, 7) is -0.0949. The molecule has 0 heterocycles. The Hall–Kier alpha value is -2.11. The lowest BCUT2D eigenvalue weighted by Gasteiger charge is -2.05. The van der Waals surface area contributed by atoms with Gasteiger partial charge in [0.25, 0.3) is 0 Å². The minimum absolute atomic E-state index is 0.0405. The topological polar surface area (TPSA) is 81.4 Å². The van der Waals surface area contributed by atoms with Crippen molar-refractivity contribution in [1.29, 1.82) is 0 Å². The van der Waals surface area contributed by atoms with E-state index in [2.05, 4.69) is 5.32 Å². The van der Waals surface area contributed by atoms with Crippen molar-refractivity contribution in [3.63, 3.8) is 0 Å². The third kappa shape index (κ3) is 3.75. The van der Waals surface area contributed by atoms with Crippen LogP contribution in [-0.4, -0.2) is 25.5 Å². The van der Waals surface area contributed by atoms with E-state index in [1.54, 1.807) is 0 Å². The standard InChI is InChI=1S/C11H13FN2O3/c1-14-10(15)4-5-17-11(16)8-3-2-7(13)6-9(8)12/h2-3,6H,4-5,13H2,1H3,(H,14,15). The van der Waals surface area contributed by atoms with Crippen LogP contribution in [0.5, 0.6) is 0 Å². The molecule has 0 saturated carbocycles. The first kappa shape index (κ1) is 13.0. The highest BCUT2D eigenvalue weighted by Gasteiger charge is 2.13. The van der Waals surface area contributed by atoms with Gasteiger partial charge in [0.2, 0.25) is 5.91 Å². The molecular weight excluding hydrogens is 227 g/mol. The summed E-state index contributed by atoms with van der Waals surface area (Å²) in [6, 6.07) is 3.68. The van der Waals surface area contributed by atoms with Gasteiger partial charge in [-0.15, -0.1) is 0 Å².